The number of ether oxygens (including phenoxy) is 2. The highest BCUT2D eigenvalue weighted by atomic mass is 31.3. The van der Waals surface area contributed by atoms with Crippen LogP contribution < -0.4 is 21.3 Å². The molecule has 3 aliphatic rings. The standard InChI is InChI=1S/C21H31N7O14P2/c22-17-12-19(25-7-24-17)28(8-26-12)21-16(32)14(30)11(41-21)6-39-44(36,37)42-43(34,35)38-5-10-13(29)15(31)20(40-10)27-3-1-2-9(4-27)18(23)33/h4,7-8,10-11,13-16,20-21,29-32H,1-3,5-6H2,(H2,23,33)(H,34,35)(H,36,37)(H2,22,24,25)/p-2/t10?,11-,13-,14-,15-,16-,20-,21-/m1/s1. The zero-order valence-corrected chi connectivity index (χ0v) is 24.3. The molecule has 0 saturated carbocycles. The third-order valence-electron chi connectivity index (χ3n) is 7.16. The summed E-state index contributed by atoms with van der Waals surface area (Å²) in [6.07, 6.45) is -7.32. The van der Waals surface area contributed by atoms with E-state index in [1.165, 1.54) is 22.0 Å². The normalized spacial score (nSPS) is 33.7. The molecule has 2 aromatic heterocycles. The van der Waals surface area contributed by atoms with Crippen LogP contribution in [0, 0.1) is 0 Å². The Hall–Kier alpha value is -2.62. The molecule has 3 unspecified atom stereocenters. The van der Waals surface area contributed by atoms with Crippen LogP contribution in [0.1, 0.15) is 19.1 Å². The molecule has 0 aromatic carbocycles. The van der Waals surface area contributed by atoms with Crippen LogP contribution in [0.15, 0.2) is 24.4 Å². The van der Waals surface area contributed by atoms with Gasteiger partial charge in [0.2, 0.25) is 5.91 Å². The number of imidazole rings is 1. The van der Waals surface area contributed by atoms with Crippen molar-refractivity contribution in [2.45, 2.75) is 61.9 Å². The first kappa shape index (κ1) is 32.8. The Balaban J connectivity index is 1.14. The number of aromatic nitrogens is 4. The van der Waals surface area contributed by atoms with Gasteiger partial charge >= 0.3 is 0 Å². The lowest BCUT2D eigenvalue weighted by molar-refractivity contribution is -0.247. The van der Waals surface area contributed by atoms with Crippen LogP contribution in [0.4, 0.5) is 5.82 Å². The summed E-state index contributed by atoms with van der Waals surface area (Å²) >= 11 is 0. The quantitative estimate of drug-likeness (QED) is 0.124. The van der Waals surface area contributed by atoms with Crippen molar-refractivity contribution in [3.05, 3.63) is 24.4 Å². The fourth-order valence-corrected chi connectivity index (χ4v) is 6.98. The molecule has 44 heavy (non-hydrogen) atoms. The number of aliphatic hydroxyl groups is 4. The van der Waals surface area contributed by atoms with E-state index >= 15 is 0 Å². The number of anilines is 1. The van der Waals surface area contributed by atoms with Gasteiger partial charge in [0.1, 0.15) is 48.5 Å². The number of nitrogens with zero attached hydrogens (tertiary/aromatic N) is 5. The van der Waals surface area contributed by atoms with E-state index in [2.05, 4.69) is 28.3 Å². The molecular formula is C21H29N7O14P2-2. The van der Waals surface area contributed by atoms with Crippen LogP contribution in [-0.2, 0) is 36.8 Å². The van der Waals surface area contributed by atoms with Crippen molar-refractivity contribution in [2.75, 3.05) is 25.5 Å². The lowest BCUT2D eigenvalue weighted by Gasteiger charge is -2.33. The van der Waals surface area contributed by atoms with E-state index in [1.807, 2.05) is 0 Å². The molecular weight excluding hydrogens is 636 g/mol. The molecule has 1 amide bonds. The van der Waals surface area contributed by atoms with Crippen LogP contribution in [0.25, 0.3) is 11.2 Å². The highest BCUT2D eigenvalue weighted by molar-refractivity contribution is 7.59. The minimum Gasteiger partial charge on any atom is -0.756 e. The summed E-state index contributed by atoms with van der Waals surface area (Å²) in [5, 5.41) is 41.6. The average Bonchev–Trinajstić information content (AvgIpc) is 3.61. The van der Waals surface area contributed by atoms with Crippen molar-refractivity contribution in [1.29, 1.82) is 0 Å². The highest BCUT2D eigenvalue weighted by Crippen LogP contribution is 2.56. The van der Waals surface area contributed by atoms with Gasteiger partial charge in [-0.3, -0.25) is 18.5 Å². The predicted molar refractivity (Wildman–Crippen MR) is 138 cm³/mol. The number of carbonyl (C=O) groups excluding carboxylic acids is 1. The Morgan fingerprint density at radius 3 is 2.18 bits per heavy atom. The summed E-state index contributed by atoms with van der Waals surface area (Å²) in [4.78, 5) is 49.3. The van der Waals surface area contributed by atoms with Crippen LogP contribution in [0.2, 0.25) is 0 Å². The first-order chi connectivity index (χ1) is 20.7. The summed E-state index contributed by atoms with van der Waals surface area (Å²) in [6.45, 7) is -1.60. The fraction of sp³-hybridized carbons (Fsp3) is 0.619. The third kappa shape index (κ3) is 6.80. The van der Waals surface area contributed by atoms with Crippen LogP contribution >= 0.6 is 15.6 Å². The number of rotatable bonds is 11. The van der Waals surface area contributed by atoms with Gasteiger partial charge < -0.3 is 65.1 Å². The summed E-state index contributed by atoms with van der Waals surface area (Å²) in [6, 6.07) is 0. The van der Waals surface area contributed by atoms with Crippen LogP contribution in [0.3, 0.4) is 0 Å². The van der Waals surface area contributed by atoms with Gasteiger partial charge in [-0.1, -0.05) is 0 Å². The Bertz CT molecular complexity index is 1510. The van der Waals surface area contributed by atoms with E-state index in [0.29, 0.717) is 19.4 Å². The van der Waals surface area contributed by atoms with Crippen molar-refractivity contribution >= 4 is 38.5 Å². The number of amides is 1. The van der Waals surface area contributed by atoms with Gasteiger partial charge in [-0.15, -0.1) is 0 Å². The van der Waals surface area contributed by atoms with E-state index in [4.69, 9.17) is 20.9 Å². The second-order valence-electron chi connectivity index (χ2n) is 10.1. The number of aliphatic hydroxyl groups excluding tert-OH is 4. The van der Waals surface area contributed by atoms with E-state index in [9.17, 15) is 44.1 Å². The van der Waals surface area contributed by atoms with E-state index in [-0.39, 0.29) is 22.6 Å². The Labute approximate surface area is 247 Å². The molecule has 3 aliphatic heterocycles. The number of phosphoric ester groups is 2. The lowest BCUT2D eigenvalue weighted by Crippen LogP contribution is -2.43. The van der Waals surface area contributed by atoms with E-state index < -0.39 is 83.8 Å². The van der Waals surface area contributed by atoms with E-state index in [1.54, 1.807) is 0 Å². The Kier molecular flexibility index (Phi) is 9.41. The smallest absolute Gasteiger partial charge is 0.274 e. The molecule has 0 radical (unpaired) electrons. The monoisotopic (exact) mass is 665 g/mol. The van der Waals surface area contributed by atoms with Gasteiger partial charge in [-0.25, -0.2) is 19.3 Å². The minimum atomic E-state index is -5.67. The highest BCUT2D eigenvalue weighted by Gasteiger charge is 2.47. The van der Waals surface area contributed by atoms with E-state index in [0.717, 1.165) is 6.33 Å². The molecule has 2 aromatic rings. The zero-order chi connectivity index (χ0) is 32.0. The average molecular weight is 665 g/mol. The molecule has 0 spiro atoms. The topological polar surface area (TPSA) is 323 Å². The Morgan fingerprint density at radius 1 is 0.977 bits per heavy atom. The number of nitrogens with two attached hydrogens (primary N) is 2. The maximum absolute atomic E-state index is 12.3. The summed E-state index contributed by atoms with van der Waals surface area (Å²) in [7, 11) is -11.3. The lowest BCUT2D eigenvalue weighted by atomic mass is 10.1. The van der Waals surface area contributed by atoms with Gasteiger partial charge in [0.15, 0.2) is 23.9 Å². The summed E-state index contributed by atoms with van der Waals surface area (Å²) in [5.74, 6) is -0.632. The van der Waals surface area contributed by atoms with Crippen LogP contribution in [0.5, 0.6) is 0 Å². The molecule has 2 saturated heterocycles. The predicted octanol–water partition coefficient (Wildman–Crippen LogP) is -4.07. The number of phosphoric acid groups is 2. The minimum absolute atomic E-state index is 0.0401. The SMILES string of the molecule is NC(=O)C1=CN([C@@H]2OC(COP(=O)([O-])OP(=O)([O-])OC[C@H]3O[C@@H](n4cnc5c(N)ncnc54)[C@H](O)[C@@H]3O)[C@@H](O)[C@H]2O)CCC1. The van der Waals surface area contributed by atoms with Crippen molar-refractivity contribution < 1.29 is 67.0 Å². The number of carbonyl (C=O) groups is 1. The maximum atomic E-state index is 12.3. The molecule has 244 valence electrons. The molecule has 0 bridgehead atoms. The summed E-state index contributed by atoms with van der Waals surface area (Å²) < 4.78 is 50.0. The van der Waals surface area contributed by atoms with Gasteiger partial charge in [0.25, 0.3) is 15.6 Å². The number of fused-ring (bicyclic) bond motifs is 1. The van der Waals surface area contributed by atoms with Gasteiger partial charge in [-0.2, -0.15) is 0 Å². The maximum Gasteiger partial charge on any atom is 0.274 e. The van der Waals surface area contributed by atoms with Crippen molar-refractivity contribution in [1.82, 2.24) is 24.4 Å². The first-order valence-electron chi connectivity index (χ1n) is 13.0. The van der Waals surface area contributed by atoms with Gasteiger partial charge in [-0.05, 0) is 12.8 Å². The molecule has 5 rings (SSSR count). The Morgan fingerprint density at radius 2 is 1.57 bits per heavy atom. The number of primary amides is 1. The molecule has 23 heteroatoms. The second-order valence-corrected chi connectivity index (χ2v) is 13.1. The van der Waals surface area contributed by atoms with Gasteiger partial charge in [0.05, 0.1) is 19.5 Å². The molecule has 0 aliphatic carbocycles. The largest absolute Gasteiger partial charge is 0.756 e. The fourth-order valence-electron chi connectivity index (χ4n) is 4.96. The van der Waals surface area contributed by atoms with Gasteiger partial charge in [0, 0.05) is 18.3 Å². The molecule has 2 fully saturated rings. The second kappa shape index (κ2) is 12.6. The van der Waals surface area contributed by atoms with Crippen LogP contribution in [-0.4, -0.2) is 113 Å². The number of hydrogen-bond donors (Lipinski definition) is 6. The van der Waals surface area contributed by atoms with Crippen molar-refractivity contribution in [3.8, 4) is 0 Å². The molecule has 5 heterocycles. The molecule has 21 nitrogen and oxygen atoms in total. The molecule has 8 N–H and O–H groups in total. The third-order valence-corrected chi connectivity index (χ3v) is 9.69. The molecule has 10 atom stereocenters. The zero-order valence-electron chi connectivity index (χ0n) is 22.5. The summed E-state index contributed by atoms with van der Waals surface area (Å²) in [5.41, 5.74) is 11.6. The first-order valence-corrected chi connectivity index (χ1v) is 15.9. The number of hydrogen-bond acceptors (Lipinski definition) is 19. The number of nitrogen functional groups attached to an aromatic ring is 1. The van der Waals surface area contributed by atoms with Crippen molar-refractivity contribution in [3.63, 3.8) is 0 Å². The van der Waals surface area contributed by atoms with Crippen molar-refractivity contribution in [2.24, 2.45) is 5.73 Å².